The molecular weight excluding hydrogens is 659 g/mol. The molecule has 0 aliphatic rings. The zero-order valence-corrected chi connectivity index (χ0v) is 29.6. The zero-order chi connectivity index (χ0) is 30.5. The average molecular weight is 715 g/mol. The molecular formula is C38H55IN2O3. The van der Waals surface area contributed by atoms with Crippen molar-refractivity contribution in [3.05, 3.63) is 84.2 Å². The first-order valence-electron chi connectivity index (χ1n) is 16.8. The Morgan fingerprint density at radius 2 is 1.30 bits per heavy atom. The summed E-state index contributed by atoms with van der Waals surface area (Å²) < 4.78 is 13.8. The van der Waals surface area contributed by atoms with Crippen molar-refractivity contribution >= 4 is 11.6 Å². The lowest BCUT2D eigenvalue weighted by Crippen LogP contribution is -3.00. The SMILES string of the molecule is CCCCCCCCCCCCCCCCOc1ccc(CN(C(=O)c2cccc[n+]2CC)c2ccccc2)cc1OC.[I-]. The number of amides is 1. The zero-order valence-electron chi connectivity index (χ0n) is 27.4. The molecule has 0 saturated carbocycles. The molecule has 3 aromatic rings. The summed E-state index contributed by atoms with van der Waals surface area (Å²) >= 11 is 0. The molecule has 44 heavy (non-hydrogen) atoms. The average Bonchev–Trinajstić information content (AvgIpc) is 3.05. The molecule has 0 fully saturated rings. The molecule has 5 nitrogen and oxygen atoms in total. The van der Waals surface area contributed by atoms with Crippen LogP contribution >= 0.6 is 0 Å². The Morgan fingerprint density at radius 1 is 0.705 bits per heavy atom. The van der Waals surface area contributed by atoms with Gasteiger partial charge in [0, 0.05) is 17.8 Å². The summed E-state index contributed by atoms with van der Waals surface area (Å²) in [6.07, 6.45) is 20.8. The van der Waals surface area contributed by atoms with Gasteiger partial charge in [-0.05, 0) is 49.2 Å². The van der Waals surface area contributed by atoms with Gasteiger partial charge in [0.1, 0.15) is 6.54 Å². The predicted molar refractivity (Wildman–Crippen MR) is 178 cm³/mol. The van der Waals surface area contributed by atoms with Crippen molar-refractivity contribution in [2.45, 2.75) is 117 Å². The van der Waals surface area contributed by atoms with Crippen molar-refractivity contribution in [3.63, 3.8) is 0 Å². The van der Waals surface area contributed by atoms with Crippen LogP contribution in [0.2, 0.25) is 0 Å². The molecule has 6 heteroatoms. The highest BCUT2D eigenvalue weighted by Crippen LogP contribution is 2.30. The number of halogens is 1. The molecule has 0 unspecified atom stereocenters. The van der Waals surface area contributed by atoms with Gasteiger partial charge in [-0.1, -0.05) is 115 Å². The van der Waals surface area contributed by atoms with Crippen LogP contribution in [-0.4, -0.2) is 19.6 Å². The third kappa shape index (κ3) is 13.2. The first-order valence-corrected chi connectivity index (χ1v) is 16.8. The van der Waals surface area contributed by atoms with E-state index in [9.17, 15) is 4.79 Å². The Hall–Kier alpha value is -2.61. The van der Waals surface area contributed by atoms with Crippen molar-refractivity contribution in [1.29, 1.82) is 0 Å². The van der Waals surface area contributed by atoms with Crippen LogP contribution in [-0.2, 0) is 13.1 Å². The molecule has 0 spiro atoms. The summed E-state index contributed by atoms with van der Waals surface area (Å²) in [7, 11) is 1.67. The van der Waals surface area contributed by atoms with Crippen LogP contribution < -0.4 is 42.9 Å². The molecule has 0 atom stereocenters. The van der Waals surface area contributed by atoms with Crippen LogP contribution in [0.15, 0.2) is 72.9 Å². The largest absolute Gasteiger partial charge is 1.00 e. The summed E-state index contributed by atoms with van der Waals surface area (Å²) in [5.41, 5.74) is 2.50. The summed E-state index contributed by atoms with van der Waals surface area (Å²) in [5, 5.41) is 0. The van der Waals surface area contributed by atoms with Crippen molar-refractivity contribution in [2.75, 3.05) is 18.6 Å². The van der Waals surface area contributed by atoms with Gasteiger partial charge in [-0.15, -0.1) is 0 Å². The monoisotopic (exact) mass is 714 g/mol. The molecule has 0 aliphatic heterocycles. The van der Waals surface area contributed by atoms with E-state index in [4.69, 9.17) is 9.47 Å². The number of hydrogen-bond acceptors (Lipinski definition) is 3. The Kier molecular flexibility index (Phi) is 19.5. The van der Waals surface area contributed by atoms with Crippen LogP contribution in [0, 0.1) is 0 Å². The third-order valence-electron chi connectivity index (χ3n) is 8.14. The van der Waals surface area contributed by atoms with Gasteiger partial charge < -0.3 is 33.5 Å². The van der Waals surface area contributed by atoms with Crippen LogP contribution in [0.4, 0.5) is 5.69 Å². The van der Waals surface area contributed by atoms with Crippen molar-refractivity contribution < 1.29 is 42.8 Å². The van der Waals surface area contributed by atoms with Gasteiger partial charge in [-0.25, -0.2) is 0 Å². The molecule has 0 aliphatic carbocycles. The normalized spacial score (nSPS) is 10.7. The lowest BCUT2D eigenvalue weighted by molar-refractivity contribution is -0.695. The number of para-hydroxylation sites is 1. The standard InChI is InChI=1S/C38H55N2O3.HI/c1-4-6-7-8-9-10-11-12-13-14-15-16-17-23-30-43-36-28-27-33(31-37(36)42-3)32-40(34-24-19-18-20-25-34)38(41)35-26-21-22-29-39(35)5-2;/h18-22,24-29,31H,4-17,23,30,32H2,1-3H3;1H/q+1;/p-1. The van der Waals surface area contributed by atoms with E-state index in [-0.39, 0.29) is 29.9 Å². The minimum Gasteiger partial charge on any atom is -1.00 e. The Labute approximate surface area is 284 Å². The molecule has 0 saturated heterocycles. The summed E-state index contributed by atoms with van der Waals surface area (Å²) in [5.74, 6) is 1.42. The maximum absolute atomic E-state index is 13.8. The van der Waals surface area contributed by atoms with E-state index in [1.807, 2.05) is 89.3 Å². The number of methoxy groups -OCH3 is 1. The highest BCUT2D eigenvalue weighted by Gasteiger charge is 2.26. The van der Waals surface area contributed by atoms with Gasteiger partial charge in [0.2, 0.25) is 0 Å². The maximum Gasteiger partial charge on any atom is 0.323 e. The van der Waals surface area contributed by atoms with E-state index in [1.165, 1.54) is 83.5 Å². The first-order chi connectivity index (χ1) is 21.2. The lowest BCUT2D eigenvalue weighted by atomic mass is 10.0. The molecule has 2 aromatic carbocycles. The number of carbonyl (C=O) groups is 1. The van der Waals surface area contributed by atoms with Gasteiger partial charge in [0.25, 0.3) is 5.69 Å². The highest BCUT2D eigenvalue weighted by atomic mass is 127. The van der Waals surface area contributed by atoms with Crippen molar-refractivity contribution in [3.8, 4) is 11.5 Å². The van der Waals surface area contributed by atoms with Gasteiger partial charge in [-0.3, -0.25) is 9.69 Å². The molecule has 1 aromatic heterocycles. The molecule has 1 heterocycles. The van der Waals surface area contributed by atoms with E-state index < -0.39 is 0 Å². The molecule has 242 valence electrons. The number of pyridine rings is 1. The fourth-order valence-corrected chi connectivity index (χ4v) is 5.56. The molecule has 0 radical (unpaired) electrons. The fourth-order valence-electron chi connectivity index (χ4n) is 5.56. The minimum absolute atomic E-state index is 0. The van der Waals surface area contributed by atoms with E-state index in [1.54, 1.807) is 7.11 Å². The molecule has 1 amide bonds. The van der Waals surface area contributed by atoms with Crippen LogP contribution in [0.25, 0.3) is 0 Å². The van der Waals surface area contributed by atoms with E-state index in [0.29, 0.717) is 24.6 Å². The molecule has 0 bridgehead atoms. The second-order valence-electron chi connectivity index (χ2n) is 11.5. The van der Waals surface area contributed by atoms with Crippen molar-refractivity contribution in [2.24, 2.45) is 0 Å². The van der Waals surface area contributed by atoms with E-state index in [2.05, 4.69) is 6.92 Å². The van der Waals surface area contributed by atoms with Gasteiger partial charge in [0.15, 0.2) is 17.7 Å². The third-order valence-corrected chi connectivity index (χ3v) is 8.14. The van der Waals surface area contributed by atoms with E-state index >= 15 is 0 Å². The Morgan fingerprint density at radius 3 is 1.89 bits per heavy atom. The van der Waals surface area contributed by atoms with Crippen LogP contribution in [0.1, 0.15) is 120 Å². The number of aryl methyl sites for hydroxylation is 1. The summed E-state index contributed by atoms with van der Waals surface area (Å²) in [6.45, 7) is 6.17. The smallest absolute Gasteiger partial charge is 0.323 e. The lowest BCUT2D eigenvalue weighted by Gasteiger charge is -2.22. The quantitative estimate of drug-likeness (QED) is 0.0661. The number of benzene rings is 2. The number of anilines is 1. The topological polar surface area (TPSA) is 42.7 Å². The number of rotatable bonds is 22. The van der Waals surface area contributed by atoms with Gasteiger partial charge in [0.05, 0.1) is 20.3 Å². The number of aromatic nitrogens is 1. The fraction of sp³-hybridized carbons (Fsp3) is 0.526. The Bertz CT molecular complexity index is 1190. The second-order valence-corrected chi connectivity index (χ2v) is 11.5. The maximum atomic E-state index is 13.8. The number of nitrogens with zero attached hydrogens (tertiary/aromatic N) is 2. The van der Waals surface area contributed by atoms with Gasteiger partial charge in [-0.2, -0.15) is 4.57 Å². The second kappa shape index (κ2) is 22.8. The predicted octanol–water partition coefficient (Wildman–Crippen LogP) is 6.71. The molecule has 0 N–H and O–H groups in total. The summed E-state index contributed by atoms with van der Waals surface area (Å²) in [6, 6.07) is 21.6. The van der Waals surface area contributed by atoms with Crippen LogP contribution in [0.3, 0.4) is 0 Å². The van der Waals surface area contributed by atoms with E-state index in [0.717, 1.165) is 30.0 Å². The van der Waals surface area contributed by atoms with Crippen LogP contribution in [0.5, 0.6) is 11.5 Å². The minimum atomic E-state index is -0.0363. The van der Waals surface area contributed by atoms with Crippen molar-refractivity contribution in [1.82, 2.24) is 0 Å². The number of carbonyl (C=O) groups excluding carboxylic acids is 1. The number of unbranched alkanes of at least 4 members (excludes halogenated alkanes) is 13. The highest BCUT2D eigenvalue weighted by molar-refractivity contribution is 6.03. The number of ether oxygens (including phenoxy) is 2. The first kappa shape index (κ1) is 37.6. The Balaban J connectivity index is 0.00000675. The summed E-state index contributed by atoms with van der Waals surface area (Å²) in [4.78, 5) is 15.6. The molecule has 3 rings (SSSR count). The van der Waals surface area contributed by atoms with Gasteiger partial charge >= 0.3 is 5.91 Å². The number of hydrogen-bond donors (Lipinski definition) is 0.